The maximum absolute atomic E-state index is 12.8. The molecule has 0 aliphatic carbocycles. The number of amides is 1. The van der Waals surface area contributed by atoms with Crippen molar-refractivity contribution in [2.24, 2.45) is 0 Å². The van der Waals surface area contributed by atoms with E-state index in [4.69, 9.17) is 0 Å². The van der Waals surface area contributed by atoms with Gasteiger partial charge in [0.2, 0.25) is 0 Å². The second-order valence-electron chi connectivity index (χ2n) is 5.58. The molecule has 0 spiro atoms. The van der Waals surface area contributed by atoms with Gasteiger partial charge >= 0.3 is 5.97 Å². The van der Waals surface area contributed by atoms with E-state index in [9.17, 15) is 14.7 Å². The fourth-order valence-electron chi connectivity index (χ4n) is 2.91. The number of carbonyl (C=O) groups excluding carboxylic acids is 1. The SMILES string of the molecule is CC1(C(=O)O)CCCCN1C(=O)c1cnn2ccccc12. The standard InChI is InChI=1S/C15H17N3O3/c1-15(14(20)21)7-3-5-8-17(15)13(19)11-10-16-18-9-4-2-6-12(11)18/h2,4,6,9-10H,3,5,7-8H2,1H3,(H,20,21). The van der Waals surface area contributed by atoms with Crippen molar-refractivity contribution in [3.05, 3.63) is 36.2 Å². The summed E-state index contributed by atoms with van der Waals surface area (Å²) in [5.74, 6) is -1.21. The van der Waals surface area contributed by atoms with Crippen LogP contribution in [0.5, 0.6) is 0 Å². The molecule has 1 aliphatic rings. The molecular formula is C15H17N3O3. The number of fused-ring (bicyclic) bond motifs is 1. The molecule has 1 fully saturated rings. The molecule has 1 N–H and O–H groups in total. The Morgan fingerprint density at radius 3 is 2.90 bits per heavy atom. The molecule has 1 amide bonds. The maximum Gasteiger partial charge on any atom is 0.329 e. The number of rotatable bonds is 2. The first kappa shape index (κ1) is 13.6. The molecule has 6 nitrogen and oxygen atoms in total. The number of aliphatic carboxylic acids is 1. The van der Waals surface area contributed by atoms with Gasteiger partial charge in [-0.2, -0.15) is 5.10 Å². The van der Waals surface area contributed by atoms with E-state index in [1.54, 1.807) is 17.6 Å². The monoisotopic (exact) mass is 287 g/mol. The Kier molecular flexibility index (Phi) is 3.16. The predicted octanol–water partition coefficient (Wildman–Crippen LogP) is 1.80. The van der Waals surface area contributed by atoms with E-state index in [1.807, 2.05) is 18.2 Å². The summed E-state index contributed by atoms with van der Waals surface area (Å²) in [6.45, 7) is 2.09. The first-order chi connectivity index (χ1) is 10.0. The van der Waals surface area contributed by atoms with E-state index < -0.39 is 11.5 Å². The van der Waals surface area contributed by atoms with Crippen LogP contribution < -0.4 is 0 Å². The summed E-state index contributed by atoms with van der Waals surface area (Å²) >= 11 is 0. The summed E-state index contributed by atoms with van der Waals surface area (Å²) < 4.78 is 1.62. The Morgan fingerprint density at radius 2 is 2.14 bits per heavy atom. The Hall–Kier alpha value is -2.37. The van der Waals surface area contributed by atoms with Crippen LogP contribution in [0.15, 0.2) is 30.6 Å². The molecule has 1 atom stereocenters. The largest absolute Gasteiger partial charge is 0.480 e. The summed E-state index contributed by atoms with van der Waals surface area (Å²) in [6, 6.07) is 5.47. The van der Waals surface area contributed by atoms with E-state index in [-0.39, 0.29) is 5.91 Å². The predicted molar refractivity (Wildman–Crippen MR) is 76.1 cm³/mol. The van der Waals surface area contributed by atoms with Crippen LogP contribution in [0.3, 0.4) is 0 Å². The fourth-order valence-corrected chi connectivity index (χ4v) is 2.91. The van der Waals surface area contributed by atoms with Crippen molar-refractivity contribution in [2.75, 3.05) is 6.54 Å². The summed E-state index contributed by atoms with van der Waals surface area (Å²) in [4.78, 5) is 25.9. The summed E-state index contributed by atoms with van der Waals surface area (Å²) in [5, 5.41) is 13.7. The van der Waals surface area contributed by atoms with Gasteiger partial charge in [0.1, 0.15) is 5.54 Å². The molecule has 0 radical (unpaired) electrons. The Bertz CT molecular complexity index is 709. The Balaban J connectivity index is 2.02. The number of pyridine rings is 1. The van der Waals surface area contributed by atoms with Crippen molar-refractivity contribution in [2.45, 2.75) is 31.7 Å². The third-order valence-electron chi connectivity index (χ3n) is 4.25. The van der Waals surface area contributed by atoms with Gasteiger partial charge in [0.15, 0.2) is 0 Å². The molecule has 21 heavy (non-hydrogen) atoms. The zero-order valence-corrected chi connectivity index (χ0v) is 11.8. The van der Waals surface area contributed by atoms with E-state index in [0.717, 1.165) is 12.8 Å². The van der Waals surface area contributed by atoms with Crippen LogP contribution in [0.2, 0.25) is 0 Å². The first-order valence-corrected chi connectivity index (χ1v) is 7.02. The van der Waals surface area contributed by atoms with Gasteiger partial charge in [-0.25, -0.2) is 9.31 Å². The molecule has 1 aliphatic heterocycles. The lowest BCUT2D eigenvalue weighted by atomic mass is 9.88. The quantitative estimate of drug-likeness (QED) is 0.914. The fraction of sp³-hybridized carbons (Fsp3) is 0.400. The molecule has 3 heterocycles. The number of aromatic nitrogens is 2. The highest BCUT2D eigenvalue weighted by atomic mass is 16.4. The van der Waals surface area contributed by atoms with Crippen molar-refractivity contribution < 1.29 is 14.7 Å². The molecule has 0 bridgehead atoms. The maximum atomic E-state index is 12.8. The molecular weight excluding hydrogens is 270 g/mol. The zero-order valence-electron chi connectivity index (χ0n) is 11.8. The average Bonchev–Trinajstić information content (AvgIpc) is 2.91. The summed E-state index contributed by atoms with van der Waals surface area (Å²) in [6.07, 6.45) is 5.40. The van der Waals surface area contributed by atoms with Gasteiger partial charge in [0.05, 0.1) is 17.3 Å². The second-order valence-corrected chi connectivity index (χ2v) is 5.58. The zero-order chi connectivity index (χ0) is 15.0. The Morgan fingerprint density at radius 1 is 1.33 bits per heavy atom. The summed E-state index contributed by atoms with van der Waals surface area (Å²) in [7, 11) is 0. The van der Waals surface area contributed by atoms with Crippen molar-refractivity contribution >= 4 is 17.4 Å². The van der Waals surface area contributed by atoms with Crippen molar-refractivity contribution in [3.8, 4) is 0 Å². The normalized spacial score (nSPS) is 22.4. The minimum atomic E-state index is -1.14. The molecule has 1 unspecified atom stereocenters. The van der Waals surface area contributed by atoms with Gasteiger partial charge < -0.3 is 10.0 Å². The lowest BCUT2D eigenvalue weighted by Crippen LogP contribution is -2.57. The van der Waals surface area contributed by atoms with Crippen LogP contribution in [0.1, 0.15) is 36.5 Å². The number of hydrogen-bond acceptors (Lipinski definition) is 3. The number of carbonyl (C=O) groups is 2. The molecule has 2 aromatic rings. The topological polar surface area (TPSA) is 74.9 Å². The van der Waals surface area contributed by atoms with Crippen molar-refractivity contribution in [3.63, 3.8) is 0 Å². The van der Waals surface area contributed by atoms with Gasteiger partial charge in [0, 0.05) is 12.7 Å². The van der Waals surface area contributed by atoms with Gasteiger partial charge in [0.25, 0.3) is 5.91 Å². The van der Waals surface area contributed by atoms with Crippen LogP contribution in [0.25, 0.3) is 5.52 Å². The van der Waals surface area contributed by atoms with E-state index in [1.165, 1.54) is 11.1 Å². The van der Waals surface area contributed by atoms with Crippen LogP contribution in [0.4, 0.5) is 0 Å². The Labute approximate surface area is 122 Å². The van der Waals surface area contributed by atoms with E-state index in [2.05, 4.69) is 5.10 Å². The number of carboxylic acid groups (broad SMARTS) is 1. The molecule has 3 rings (SSSR count). The lowest BCUT2D eigenvalue weighted by Gasteiger charge is -2.41. The van der Waals surface area contributed by atoms with Gasteiger partial charge in [-0.05, 0) is 38.3 Å². The van der Waals surface area contributed by atoms with Crippen LogP contribution in [-0.4, -0.2) is 43.6 Å². The third kappa shape index (κ3) is 2.07. The van der Waals surface area contributed by atoms with E-state index in [0.29, 0.717) is 24.0 Å². The highest BCUT2D eigenvalue weighted by Crippen LogP contribution is 2.30. The molecule has 2 aromatic heterocycles. The summed E-state index contributed by atoms with van der Waals surface area (Å²) in [5.41, 5.74) is 0.00375. The van der Waals surface area contributed by atoms with Gasteiger partial charge in [-0.1, -0.05) is 6.07 Å². The second kappa shape index (κ2) is 4.87. The number of nitrogens with zero attached hydrogens (tertiary/aromatic N) is 3. The molecule has 0 aromatic carbocycles. The number of likely N-dealkylation sites (tertiary alicyclic amines) is 1. The minimum Gasteiger partial charge on any atom is -0.480 e. The molecule has 110 valence electrons. The van der Waals surface area contributed by atoms with Crippen molar-refractivity contribution in [1.29, 1.82) is 0 Å². The first-order valence-electron chi connectivity index (χ1n) is 7.02. The third-order valence-corrected chi connectivity index (χ3v) is 4.25. The average molecular weight is 287 g/mol. The van der Waals surface area contributed by atoms with Crippen LogP contribution in [0, 0.1) is 0 Å². The van der Waals surface area contributed by atoms with Gasteiger partial charge in [-0.15, -0.1) is 0 Å². The molecule has 6 heteroatoms. The number of carboxylic acids is 1. The van der Waals surface area contributed by atoms with Gasteiger partial charge in [-0.3, -0.25) is 4.79 Å². The molecule has 1 saturated heterocycles. The number of hydrogen-bond donors (Lipinski definition) is 1. The molecule has 0 saturated carbocycles. The highest BCUT2D eigenvalue weighted by molar-refractivity contribution is 6.03. The lowest BCUT2D eigenvalue weighted by molar-refractivity contribution is -0.150. The highest BCUT2D eigenvalue weighted by Gasteiger charge is 2.44. The van der Waals surface area contributed by atoms with Crippen molar-refractivity contribution in [1.82, 2.24) is 14.5 Å². The minimum absolute atomic E-state index is 0.263. The number of piperidine rings is 1. The van der Waals surface area contributed by atoms with Crippen LogP contribution in [-0.2, 0) is 4.79 Å². The van der Waals surface area contributed by atoms with Crippen LogP contribution >= 0.6 is 0 Å². The smallest absolute Gasteiger partial charge is 0.329 e. The van der Waals surface area contributed by atoms with E-state index >= 15 is 0 Å².